The number of carbonyl (C=O) groups is 1. The third-order valence-corrected chi connectivity index (χ3v) is 4.56. The van der Waals surface area contributed by atoms with Gasteiger partial charge in [-0.15, -0.1) is 0 Å². The standard InChI is InChI=1S/C19H20ClN3O3/c1-3-26-19(25)16-11-22-17-13(5-4-12(2)23(17)18(16)24)10-21-15-8-6-14(20)7-9-15/h6-12,21H,3-5H2,1-2H3/b13-10+. The molecule has 1 aliphatic heterocycles. The first-order valence-corrected chi connectivity index (χ1v) is 8.89. The highest BCUT2D eigenvalue weighted by atomic mass is 35.5. The minimum absolute atomic E-state index is 0.0330. The van der Waals surface area contributed by atoms with Gasteiger partial charge in [0.15, 0.2) is 0 Å². The molecule has 1 aromatic carbocycles. The summed E-state index contributed by atoms with van der Waals surface area (Å²) < 4.78 is 6.52. The van der Waals surface area contributed by atoms with Crippen molar-refractivity contribution in [2.75, 3.05) is 11.9 Å². The summed E-state index contributed by atoms with van der Waals surface area (Å²) in [5, 5.41) is 3.87. The van der Waals surface area contributed by atoms with E-state index >= 15 is 0 Å². The molecule has 0 saturated heterocycles. The van der Waals surface area contributed by atoms with E-state index in [4.69, 9.17) is 16.3 Å². The molecule has 0 radical (unpaired) electrons. The second kappa shape index (κ2) is 7.74. The molecule has 7 heteroatoms. The summed E-state index contributed by atoms with van der Waals surface area (Å²) in [7, 11) is 0. The Labute approximate surface area is 156 Å². The Balaban J connectivity index is 1.95. The predicted molar refractivity (Wildman–Crippen MR) is 101 cm³/mol. The molecule has 0 amide bonds. The molecular formula is C19H20ClN3O3. The van der Waals surface area contributed by atoms with Gasteiger partial charge in [0.1, 0.15) is 11.4 Å². The van der Waals surface area contributed by atoms with E-state index in [-0.39, 0.29) is 23.8 Å². The first-order chi connectivity index (χ1) is 12.5. The van der Waals surface area contributed by atoms with Gasteiger partial charge in [0.25, 0.3) is 5.56 Å². The third-order valence-electron chi connectivity index (χ3n) is 4.31. The van der Waals surface area contributed by atoms with Crippen LogP contribution in [0, 0.1) is 0 Å². The van der Waals surface area contributed by atoms with Crippen molar-refractivity contribution in [1.29, 1.82) is 0 Å². The van der Waals surface area contributed by atoms with Crippen LogP contribution in [0.25, 0.3) is 5.57 Å². The SMILES string of the molecule is CCOC(=O)c1cnc2n(c1=O)C(C)CC/C2=C\Nc1ccc(Cl)cc1. The normalized spacial score (nSPS) is 17.7. The topological polar surface area (TPSA) is 73.2 Å². The van der Waals surface area contributed by atoms with E-state index in [1.807, 2.05) is 25.3 Å². The lowest BCUT2D eigenvalue weighted by atomic mass is 10.0. The molecule has 2 heterocycles. The fraction of sp³-hybridized carbons (Fsp3) is 0.316. The van der Waals surface area contributed by atoms with Gasteiger partial charge in [0.05, 0.1) is 6.61 Å². The summed E-state index contributed by atoms with van der Waals surface area (Å²) in [6, 6.07) is 7.30. The second-order valence-electron chi connectivity index (χ2n) is 6.10. The number of anilines is 1. The summed E-state index contributed by atoms with van der Waals surface area (Å²) in [6.07, 6.45) is 4.72. The van der Waals surface area contributed by atoms with Gasteiger partial charge in [-0.1, -0.05) is 11.6 Å². The lowest BCUT2D eigenvalue weighted by Gasteiger charge is -2.26. The van der Waals surface area contributed by atoms with Gasteiger partial charge in [-0.3, -0.25) is 9.36 Å². The van der Waals surface area contributed by atoms with Crippen molar-refractivity contribution in [1.82, 2.24) is 9.55 Å². The lowest BCUT2D eigenvalue weighted by Crippen LogP contribution is -2.34. The number of fused-ring (bicyclic) bond motifs is 1. The molecule has 1 atom stereocenters. The largest absolute Gasteiger partial charge is 0.462 e. The molecular weight excluding hydrogens is 354 g/mol. The molecule has 1 aromatic heterocycles. The summed E-state index contributed by atoms with van der Waals surface area (Å²) in [5.74, 6) is -0.0637. The number of hydrogen-bond donors (Lipinski definition) is 1. The number of hydrogen-bond acceptors (Lipinski definition) is 5. The number of nitrogens with one attached hydrogen (secondary N) is 1. The van der Waals surface area contributed by atoms with Crippen LogP contribution in [-0.4, -0.2) is 22.1 Å². The number of halogens is 1. The van der Waals surface area contributed by atoms with Crippen LogP contribution in [-0.2, 0) is 4.74 Å². The first-order valence-electron chi connectivity index (χ1n) is 8.51. The lowest BCUT2D eigenvalue weighted by molar-refractivity contribution is 0.0522. The van der Waals surface area contributed by atoms with Gasteiger partial charge in [-0.2, -0.15) is 0 Å². The molecule has 0 saturated carbocycles. The molecule has 136 valence electrons. The van der Waals surface area contributed by atoms with Crippen molar-refractivity contribution in [2.24, 2.45) is 0 Å². The van der Waals surface area contributed by atoms with Gasteiger partial charge < -0.3 is 10.1 Å². The molecule has 1 unspecified atom stereocenters. The Bertz CT molecular complexity index is 903. The molecule has 0 spiro atoms. The van der Waals surface area contributed by atoms with Crippen LogP contribution in [0.5, 0.6) is 0 Å². The van der Waals surface area contributed by atoms with E-state index in [9.17, 15) is 9.59 Å². The molecule has 0 bridgehead atoms. The highest BCUT2D eigenvalue weighted by molar-refractivity contribution is 6.30. The van der Waals surface area contributed by atoms with Gasteiger partial charge in [0.2, 0.25) is 0 Å². The number of rotatable bonds is 4. The van der Waals surface area contributed by atoms with E-state index in [1.54, 1.807) is 23.6 Å². The summed E-state index contributed by atoms with van der Waals surface area (Å²) in [4.78, 5) is 29.1. The highest BCUT2D eigenvalue weighted by Gasteiger charge is 2.25. The third kappa shape index (κ3) is 3.65. The van der Waals surface area contributed by atoms with E-state index in [0.717, 1.165) is 24.1 Å². The maximum Gasteiger partial charge on any atom is 0.345 e. The maximum atomic E-state index is 12.8. The number of benzene rings is 1. The average Bonchev–Trinajstić information content (AvgIpc) is 2.63. The van der Waals surface area contributed by atoms with E-state index in [1.165, 1.54) is 6.20 Å². The highest BCUT2D eigenvalue weighted by Crippen LogP contribution is 2.30. The zero-order chi connectivity index (χ0) is 18.7. The minimum atomic E-state index is -0.636. The van der Waals surface area contributed by atoms with Crippen LogP contribution in [0.2, 0.25) is 5.02 Å². The predicted octanol–water partition coefficient (Wildman–Crippen LogP) is 3.88. The van der Waals surface area contributed by atoms with Crippen LogP contribution in [0.3, 0.4) is 0 Å². The van der Waals surface area contributed by atoms with Crippen molar-refractivity contribution in [3.63, 3.8) is 0 Å². The molecule has 1 aliphatic rings. The second-order valence-corrected chi connectivity index (χ2v) is 6.54. The number of nitrogens with zero attached hydrogens (tertiary/aromatic N) is 2. The zero-order valence-corrected chi connectivity index (χ0v) is 15.4. The number of aromatic nitrogens is 2. The zero-order valence-electron chi connectivity index (χ0n) is 14.7. The van der Waals surface area contributed by atoms with E-state index in [0.29, 0.717) is 10.8 Å². The number of esters is 1. The Hall–Kier alpha value is -2.60. The average molecular weight is 374 g/mol. The Morgan fingerprint density at radius 2 is 2.15 bits per heavy atom. The van der Waals surface area contributed by atoms with Crippen LogP contribution < -0.4 is 10.9 Å². The van der Waals surface area contributed by atoms with Crippen molar-refractivity contribution in [3.8, 4) is 0 Å². The first kappa shape index (κ1) is 18.2. The fourth-order valence-corrected chi connectivity index (χ4v) is 3.05. The van der Waals surface area contributed by atoms with Gasteiger partial charge in [-0.05, 0) is 51.0 Å². The van der Waals surface area contributed by atoms with E-state index < -0.39 is 5.97 Å². The van der Waals surface area contributed by atoms with Gasteiger partial charge in [-0.25, -0.2) is 9.78 Å². The van der Waals surface area contributed by atoms with Gasteiger partial charge in [0, 0.05) is 34.7 Å². The fourth-order valence-electron chi connectivity index (χ4n) is 2.92. The number of ether oxygens (including phenoxy) is 1. The maximum absolute atomic E-state index is 12.8. The monoisotopic (exact) mass is 373 g/mol. The number of carbonyl (C=O) groups excluding carboxylic acids is 1. The summed E-state index contributed by atoms with van der Waals surface area (Å²) in [5.41, 5.74) is 1.40. The van der Waals surface area contributed by atoms with Crippen molar-refractivity contribution >= 4 is 28.8 Å². The molecule has 0 fully saturated rings. The summed E-state index contributed by atoms with van der Waals surface area (Å²) >= 11 is 5.89. The summed E-state index contributed by atoms with van der Waals surface area (Å²) in [6.45, 7) is 3.86. The van der Waals surface area contributed by atoms with E-state index in [2.05, 4.69) is 10.3 Å². The minimum Gasteiger partial charge on any atom is -0.462 e. The van der Waals surface area contributed by atoms with Crippen molar-refractivity contribution in [2.45, 2.75) is 32.7 Å². The van der Waals surface area contributed by atoms with Gasteiger partial charge >= 0.3 is 5.97 Å². The molecule has 3 rings (SSSR count). The van der Waals surface area contributed by atoms with Crippen molar-refractivity contribution in [3.05, 3.63) is 63.4 Å². The molecule has 2 aromatic rings. The molecule has 0 aliphatic carbocycles. The quantitative estimate of drug-likeness (QED) is 0.823. The molecule has 1 N–H and O–H groups in total. The van der Waals surface area contributed by atoms with Crippen LogP contribution >= 0.6 is 11.6 Å². The van der Waals surface area contributed by atoms with Crippen LogP contribution in [0.1, 0.15) is 48.9 Å². The number of allylic oxidation sites excluding steroid dienone is 1. The Kier molecular flexibility index (Phi) is 5.42. The van der Waals surface area contributed by atoms with Crippen LogP contribution in [0.4, 0.5) is 5.69 Å². The van der Waals surface area contributed by atoms with Crippen LogP contribution in [0.15, 0.2) is 41.5 Å². The molecule has 26 heavy (non-hydrogen) atoms. The van der Waals surface area contributed by atoms with Crippen molar-refractivity contribution < 1.29 is 9.53 Å². The molecule has 6 nitrogen and oxygen atoms in total. The Morgan fingerprint density at radius 3 is 2.85 bits per heavy atom. The smallest absolute Gasteiger partial charge is 0.345 e. The Morgan fingerprint density at radius 1 is 1.42 bits per heavy atom.